The van der Waals surface area contributed by atoms with Crippen molar-refractivity contribution in [1.82, 2.24) is 10.2 Å². The third kappa shape index (κ3) is 6.68. The summed E-state index contributed by atoms with van der Waals surface area (Å²) in [5.74, 6) is 0.0200. The van der Waals surface area contributed by atoms with E-state index in [2.05, 4.69) is 5.32 Å². The normalized spacial score (nSPS) is 18.5. The number of hydrogen-bond donors (Lipinski definition) is 2. The molecule has 1 aliphatic rings. The lowest BCUT2D eigenvalue weighted by Crippen LogP contribution is -2.53. The van der Waals surface area contributed by atoms with E-state index in [0.29, 0.717) is 19.5 Å². The van der Waals surface area contributed by atoms with Gasteiger partial charge in [-0.15, -0.1) is 12.4 Å². The van der Waals surface area contributed by atoms with E-state index in [1.54, 1.807) is 4.90 Å². The molecular formula is C17H34ClN3O2. The number of nitrogens with two attached hydrogens (primary N) is 1. The second kappa shape index (κ2) is 8.88. The Labute approximate surface area is 147 Å². The second-order valence-electron chi connectivity index (χ2n) is 7.77. The number of nitrogens with zero attached hydrogens (tertiary/aromatic N) is 1. The van der Waals surface area contributed by atoms with Gasteiger partial charge in [0.05, 0.1) is 0 Å². The quantitative estimate of drug-likeness (QED) is 0.775. The van der Waals surface area contributed by atoms with Crippen molar-refractivity contribution in [3.8, 4) is 0 Å². The fourth-order valence-corrected chi connectivity index (χ4v) is 2.77. The van der Waals surface area contributed by atoms with E-state index in [9.17, 15) is 9.59 Å². The van der Waals surface area contributed by atoms with Gasteiger partial charge in [-0.05, 0) is 31.1 Å². The van der Waals surface area contributed by atoms with Crippen LogP contribution in [0.1, 0.15) is 66.7 Å². The van der Waals surface area contributed by atoms with Crippen LogP contribution in [0.2, 0.25) is 0 Å². The molecule has 1 aliphatic heterocycles. The molecule has 0 saturated carbocycles. The fourth-order valence-electron chi connectivity index (χ4n) is 2.77. The molecule has 0 aromatic rings. The Balaban J connectivity index is 0.00000484. The molecule has 0 aromatic heterocycles. The van der Waals surface area contributed by atoms with Gasteiger partial charge < -0.3 is 16.0 Å². The number of hydrogen-bond acceptors (Lipinski definition) is 3. The summed E-state index contributed by atoms with van der Waals surface area (Å²) < 4.78 is 0. The first-order chi connectivity index (χ1) is 10.1. The summed E-state index contributed by atoms with van der Waals surface area (Å²) in [5.41, 5.74) is 5.82. The van der Waals surface area contributed by atoms with Crippen LogP contribution in [0.4, 0.5) is 0 Å². The van der Waals surface area contributed by atoms with Crippen molar-refractivity contribution in [2.45, 2.75) is 78.3 Å². The zero-order valence-electron chi connectivity index (χ0n) is 15.3. The number of rotatable bonds is 6. The van der Waals surface area contributed by atoms with Crippen molar-refractivity contribution < 1.29 is 9.59 Å². The molecule has 1 unspecified atom stereocenters. The van der Waals surface area contributed by atoms with Crippen LogP contribution in [0.25, 0.3) is 0 Å². The zero-order valence-corrected chi connectivity index (χ0v) is 16.1. The molecule has 23 heavy (non-hydrogen) atoms. The average Bonchev–Trinajstić information content (AvgIpc) is 2.92. The molecule has 6 heteroatoms. The van der Waals surface area contributed by atoms with E-state index in [1.807, 2.05) is 34.6 Å². The maximum atomic E-state index is 12.4. The third-order valence-electron chi connectivity index (χ3n) is 4.58. The van der Waals surface area contributed by atoms with E-state index < -0.39 is 0 Å². The van der Waals surface area contributed by atoms with Gasteiger partial charge in [0.25, 0.3) is 0 Å². The van der Waals surface area contributed by atoms with Crippen molar-refractivity contribution in [2.24, 2.45) is 11.1 Å². The Morgan fingerprint density at radius 1 is 1.22 bits per heavy atom. The van der Waals surface area contributed by atoms with Crippen LogP contribution in [0.5, 0.6) is 0 Å². The minimum absolute atomic E-state index is 0. The van der Waals surface area contributed by atoms with Crippen LogP contribution in [0.15, 0.2) is 0 Å². The summed E-state index contributed by atoms with van der Waals surface area (Å²) in [6.45, 7) is 11.3. The number of likely N-dealkylation sites (tertiary alicyclic amines) is 1. The molecule has 3 N–H and O–H groups in total. The summed E-state index contributed by atoms with van der Waals surface area (Å²) in [6, 6.07) is -0.326. The van der Waals surface area contributed by atoms with Crippen LogP contribution >= 0.6 is 12.4 Å². The van der Waals surface area contributed by atoms with Crippen molar-refractivity contribution in [1.29, 1.82) is 0 Å². The van der Waals surface area contributed by atoms with Crippen LogP contribution in [-0.2, 0) is 9.59 Å². The zero-order chi connectivity index (χ0) is 17.0. The third-order valence-corrected chi connectivity index (χ3v) is 4.58. The highest BCUT2D eigenvalue weighted by Crippen LogP contribution is 2.25. The number of amides is 2. The standard InChI is InChI=1S/C17H33N3O2.ClH/c1-6-17(18,7-2)12-19-15(22)13-9-8-10-20(13)14(21)11-16(3,4)5;/h13H,6-12,18H2,1-5H3,(H,19,22);1H. The van der Waals surface area contributed by atoms with Crippen LogP contribution in [0.3, 0.4) is 0 Å². The van der Waals surface area contributed by atoms with Crippen LogP contribution < -0.4 is 11.1 Å². The monoisotopic (exact) mass is 347 g/mol. The minimum Gasteiger partial charge on any atom is -0.352 e. The summed E-state index contributed by atoms with van der Waals surface area (Å²) >= 11 is 0. The van der Waals surface area contributed by atoms with Crippen molar-refractivity contribution >= 4 is 24.2 Å². The largest absolute Gasteiger partial charge is 0.352 e. The minimum atomic E-state index is -0.353. The second-order valence-corrected chi connectivity index (χ2v) is 7.77. The number of halogens is 1. The highest BCUT2D eigenvalue weighted by molar-refractivity contribution is 5.88. The van der Waals surface area contributed by atoms with Gasteiger partial charge in [-0.1, -0.05) is 34.6 Å². The molecule has 0 aromatic carbocycles. The van der Waals surface area contributed by atoms with Gasteiger partial charge in [-0.25, -0.2) is 0 Å². The molecule has 0 bridgehead atoms. The van der Waals surface area contributed by atoms with Crippen LogP contribution in [-0.4, -0.2) is 41.4 Å². The molecule has 1 atom stereocenters. The highest BCUT2D eigenvalue weighted by atomic mass is 35.5. The first kappa shape index (κ1) is 22.2. The molecule has 0 radical (unpaired) electrons. The topological polar surface area (TPSA) is 75.4 Å². The van der Waals surface area contributed by atoms with Gasteiger partial charge in [-0.2, -0.15) is 0 Å². The van der Waals surface area contributed by atoms with Gasteiger partial charge in [-0.3, -0.25) is 9.59 Å². The van der Waals surface area contributed by atoms with E-state index in [-0.39, 0.29) is 41.2 Å². The molecule has 5 nitrogen and oxygen atoms in total. The first-order valence-corrected chi connectivity index (χ1v) is 8.48. The van der Waals surface area contributed by atoms with Crippen molar-refractivity contribution in [2.75, 3.05) is 13.1 Å². The summed E-state index contributed by atoms with van der Waals surface area (Å²) in [6.07, 6.45) is 3.75. The smallest absolute Gasteiger partial charge is 0.242 e. The van der Waals surface area contributed by atoms with Gasteiger partial charge in [0.15, 0.2) is 0 Å². The van der Waals surface area contributed by atoms with E-state index in [4.69, 9.17) is 5.73 Å². The SMILES string of the molecule is CCC(N)(CC)CNC(=O)C1CCCN1C(=O)CC(C)(C)C.Cl. The Morgan fingerprint density at radius 3 is 2.26 bits per heavy atom. The Morgan fingerprint density at radius 2 is 1.78 bits per heavy atom. The Hall–Kier alpha value is -0.810. The van der Waals surface area contributed by atoms with Crippen molar-refractivity contribution in [3.05, 3.63) is 0 Å². The fraction of sp³-hybridized carbons (Fsp3) is 0.882. The summed E-state index contributed by atoms with van der Waals surface area (Å²) in [5, 5.41) is 2.96. The number of carbonyl (C=O) groups excluding carboxylic acids is 2. The van der Waals surface area contributed by atoms with Gasteiger partial charge >= 0.3 is 0 Å². The molecule has 1 fully saturated rings. The number of carbonyl (C=O) groups is 2. The summed E-state index contributed by atoms with van der Waals surface area (Å²) in [7, 11) is 0. The predicted molar refractivity (Wildman–Crippen MR) is 96.6 cm³/mol. The van der Waals surface area contributed by atoms with E-state index in [1.165, 1.54) is 0 Å². The lowest BCUT2D eigenvalue weighted by Gasteiger charge is -2.30. The molecule has 1 saturated heterocycles. The maximum absolute atomic E-state index is 12.4. The molecule has 2 amide bonds. The van der Waals surface area contributed by atoms with E-state index >= 15 is 0 Å². The molecular weight excluding hydrogens is 314 g/mol. The van der Waals surface area contributed by atoms with Gasteiger partial charge in [0.1, 0.15) is 6.04 Å². The molecule has 1 rings (SSSR count). The first-order valence-electron chi connectivity index (χ1n) is 8.48. The molecule has 136 valence electrons. The van der Waals surface area contributed by atoms with Crippen LogP contribution in [0, 0.1) is 5.41 Å². The predicted octanol–water partition coefficient (Wildman–Crippen LogP) is 2.47. The number of nitrogens with one attached hydrogen (secondary N) is 1. The van der Waals surface area contributed by atoms with Gasteiger partial charge in [0, 0.05) is 25.0 Å². The summed E-state index contributed by atoms with van der Waals surface area (Å²) in [4.78, 5) is 26.6. The molecule has 1 heterocycles. The highest BCUT2D eigenvalue weighted by Gasteiger charge is 2.35. The Bertz CT molecular complexity index is 403. The van der Waals surface area contributed by atoms with Gasteiger partial charge in [0.2, 0.25) is 11.8 Å². The average molecular weight is 348 g/mol. The van der Waals surface area contributed by atoms with E-state index in [0.717, 1.165) is 25.7 Å². The lowest BCUT2D eigenvalue weighted by atomic mass is 9.91. The van der Waals surface area contributed by atoms with Crippen molar-refractivity contribution in [3.63, 3.8) is 0 Å². The lowest BCUT2D eigenvalue weighted by molar-refractivity contribution is -0.139. The Kier molecular flexibility index (Phi) is 8.57. The molecule has 0 spiro atoms. The molecule has 0 aliphatic carbocycles. The maximum Gasteiger partial charge on any atom is 0.242 e.